The van der Waals surface area contributed by atoms with Gasteiger partial charge in [0.15, 0.2) is 0 Å². The molecule has 78 valence electrons. The zero-order valence-electron chi connectivity index (χ0n) is 9.75. The molecular weight excluding hydrogens is 170 g/mol. The second-order valence-electron chi connectivity index (χ2n) is 2.49. The summed E-state index contributed by atoms with van der Waals surface area (Å²) in [6.45, 7) is 8.00. The van der Waals surface area contributed by atoms with Gasteiger partial charge in [-0.1, -0.05) is 39.8 Å². The van der Waals surface area contributed by atoms with E-state index < -0.39 is 0 Å². The van der Waals surface area contributed by atoms with E-state index >= 15 is 0 Å². The molecule has 0 atom stereocenters. The quantitative estimate of drug-likeness (QED) is 0.602. The fourth-order valence-corrected chi connectivity index (χ4v) is 1.25. The van der Waals surface area contributed by atoms with Crippen LogP contribution in [0.5, 0.6) is 0 Å². The van der Waals surface area contributed by atoms with Gasteiger partial charge in [0, 0.05) is 6.20 Å². The summed E-state index contributed by atoms with van der Waals surface area (Å²) in [5.41, 5.74) is 2.53. The Bertz CT molecular complexity index is 264. The molecule has 0 bridgehead atoms. The molecule has 1 aromatic heterocycles. The first-order valence-electron chi connectivity index (χ1n) is 5.57. The third kappa shape index (κ3) is 3.73. The number of hydrogen-bond acceptors (Lipinski definition) is 1. The highest BCUT2D eigenvalue weighted by Crippen LogP contribution is 2.15. The highest BCUT2D eigenvalue weighted by Gasteiger charge is 2.01. The van der Waals surface area contributed by atoms with Crippen molar-refractivity contribution in [3.05, 3.63) is 35.7 Å². The minimum atomic E-state index is 1.15. The minimum absolute atomic E-state index is 1.15. The topological polar surface area (TPSA) is 12.9 Å². The van der Waals surface area contributed by atoms with Crippen LogP contribution < -0.4 is 0 Å². The molecule has 0 saturated carbocycles. The molecule has 2 rings (SSSR count). The fourth-order valence-electron chi connectivity index (χ4n) is 1.25. The summed E-state index contributed by atoms with van der Waals surface area (Å²) in [7, 11) is 0. The summed E-state index contributed by atoms with van der Waals surface area (Å²) >= 11 is 0. The van der Waals surface area contributed by atoms with Crippen LogP contribution in [0.25, 0.3) is 6.08 Å². The molecule has 0 saturated heterocycles. The van der Waals surface area contributed by atoms with E-state index in [0.29, 0.717) is 0 Å². The summed E-state index contributed by atoms with van der Waals surface area (Å²) < 4.78 is 0. The smallest absolute Gasteiger partial charge is 0.0658 e. The van der Waals surface area contributed by atoms with Crippen LogP contribution in [0.3, 0.4) is 0 Å². The molecule has 14 heavy (non-hydrogen) atoms. The number of hydrogen-bond donors (Lipinski definition) is 0. The van der Waals surface area contributed by atoms with Gasteiger partial charge in [-0.05, 0) is 30.5 Å². The van der Waals surface area contributed by atoms with Gasteiger partial charge in [0.05, 0.1) is 5.69 Å². The highest BCUT2D eigenvalue weighted by atomic mass is 14.7. The Morgan fingerprint density at radius 2 is 1.86 bits per heavy atom. The van der Waals surface area contributed by atoms with Crippen LogP contribution in [0.1, 0.15) is 45.4 Å². The van der Waals surface area contributed by atoms with E-state index in [0.717, 1.165) is 12.1 Å². The molecule has 0 unspecified atom stereocenters. The maximum absolute atomic E-state index is 4.23. The molecule has 0 aromatic carbocycles. The maximum Gasteiger partial charge on any atom is 0.0658 e. The molecule has 1 heteroatoms. The van der Waals surface area contributed by atoms with Crippen molar-refractivity contribution in [1.82, 2.24) is 4.98 Å². The minimum Gasteiger partial charge on any atom is -0.257 e. The van der Waals surface area contributed by atoms with E-state index in [9.17, 15) is 0 Å². The van der Waals surface area contributed by atoms with E-state index in [-0.39, 0.29) is 0 Å². The van der Waals surface area contributed by atoms with Crippen LogP contribution in [0, 0.1) is 0 Å². The van der Waals surface area contributed by atoms with Crippen LogP contribution in [0.2, 0.25) is 0 Å². The Labute approximate surface area is 87.9 Å². The fraction of sp³-hybridized carbons (Fsp3) is 0.462. The first kappa shape index (κ1) is 12.9. The summed E-state index contributed by atoms with van der Waals surface area (Å²) in [5, 5.41) is 0. The number of aromatic nitrogens is 1. The summed E-state index contributed by atoms with van der Waals surface area (Å²) in [6, 6.07) is 4.14. The predicted octanol–water partition coefficient (Wildman–Crippen LogP) is 4.09. The van der Waals surface area contributed by atoms with E-state index in [2.05, 4.69) is 23.2 Å². The van der Waals surface area contributed by atoms with Gasteiger partial charge in [-0.15, -0.1) is 0 Å². The molecule has 1 aliphatic rings. The van der Waals surface area contributed by atoms with Gasteiger partial charge < -0.3 is 0 Å². The Hall–Kier alpha value is -1.11. The first-order chi connectivity index (χ1) is 6.97. The highest BCUT2D eigenvalue weighted by molar-refractivity contribution is 5.51. The molecule has 0 amide bonds. The lowest BCUT2D eigenvalue weighted by Crippen LogP contribution is -1.94. The van der Waals surface area contributed by atoms with Crippen molar-refractivity contribution in [2.45, 2.75) is 40.5 Å². The van der Waals surface area contributed by atoms with Crippen molar-refractivity contribution in [1.29, 1.82) is 0 Å². The molecule has 0 fully saturated rings. The van der Waals surface area contributed by atoms with Gasteiger partial charge in [-0.2, -0.15) is 0 Å². The molecular formula is C13H21N. The van der Waals surface area contributed by atoms with Gasteiger partial charge >= 0.3 is 0 Å². The second-order valence-corrected chi connectivity index (χ2v) is 2.49. The third-order valence-corrected chi connectivity index (χ3v) is 1.78. The normalized spacial score (nSPS) is 11.4. The number of nitrogens with zero attached hydrogens (tertiary/aromatic N) is 1. The molecule has 0 aliphatic heterocycles. The van der Waals surface area contributed by atoms with Crippen molar-refractivity contribution in [2.24, 2.45) is 0 Å². The summed E-state index contributed by atoms with van der Waals surface area (Å²) in [4.78, 5) is 4.23. The van der Waals surface area contributed by atoms with Crippen LogP contribution in [-0.4, -0.2) is 4.98 Å². The number of aryl methyl sites for hydroxylation is 1. The van der Waals surface area contributed by atoms with Crippen LogP contribution >= 0.6 is 0 Å². The molecule has 1 aromatic rings. The zero-order valence-corrected chi connectivity index (χ0v) is 9.75. The standard InChI is InChI=1S/C9H9N.2C2H6/c1-2-6-9-8(4-1)5-3-7-10-9;2*1-2/h2-3,5-7H,1,4H2;2*1-2H3. The van der Waals surface area contributed by atoms with Crippen molar-refractivity contribution in [3.63, 3.8) is 0 Å². The predicted molar refractivity (Wildman–Crippen MR) is 64.3 cm³/mol. The monoisotopic (exact) mass is 191 g/mol. The summed E-state index contributed by atoms with van der Waals surface area (Å²) in [5.74, 6) is 0. The zero-order chi connectivity index (χ0) is 10.8. The summed E-state index contributed by atoms with van der Waals surface area (Å²) in [6.07, 6.45) is 8.43. The van der Waals surface area contributed by atoms with Crippen molar-refractivity contribution < 1.29 is 0 Å². The Balaban J connectivity index is 0.000000379. The molecule has 1 nitrogen and oxygen atoms in total. The van der Waals surface area contributed by atoms with E-state index in [1.165, 1.54) is 12.0 Å². The SMILES string of the molecule is C1=Cc2ncccc2CC1.CC.CC. The largest absolute Gasteiger partial charge is 0.257 e. The van der Waals surface area contributed by atoms with E-state index in [1.54, 1.807) is 0 Å². The van der Waals surface area contributed by atoms with Crippen molar-refractivity contribution in [3.8, 4) is 0 Å². The second kappa shape index (κ2) is 8.49. The molecule has 1 aliphatic carbocycles. The Kier molecular flexibility index (Phi) is 7.81. The molecule has 0 radical (unpaired) electrons. The molecule has 0 N–H and O–H groups in total. The van der Waals surface area contributed by atoms with Gasteiger partial charge in [-0.3, -0.25) is 4.98 Å². The Morgan fingerprint density at radius 1 is 1.14 bits per heavy atom. The van der Waals surface area contributed by atoms with Crippen LogP contribution in [-0.2, 0) is 6.42 Å². The third-order valence-electron chi connectivity index (χ3n) is 1.78. The van der Waals surface area contributed by atoms with Crippen LogP contribution in [0.15, 0.2) is 24.4 Å². The number of allylic oxidation sites excluding steroid dienone is 1. The number of rotatable bonds is 0. The van der Waals surface area contributed by atoms with Gasteiger partial charge in [0.2, 0.25) is 0 Å². The molecule has 0 spiro atoms. The average Bonchev–Trinajstić information content (AvgIpc) is 2.34. The van der Waals surface area contributed by atoms with Gasteiger partial charge in [0.1, 0.15) is 0 Å². The lowest BCUT2D eigenvalue weighted by Gasteiger charge is -2.06. The first-order valence-corrected chi connectivity index (χ1v) is 5.57. The average molecular weight is 191 g/mol. The molecule has 1 heterocycles. The number of pyridine rings is 1. The number of fused-ring (bicyclic) bond motifs is 1. The Morgan fingerprint density at radius 3 is 2.50 bits per heavy atom. The van der Waals surface area contributed by atoms with Crippen molar-refractivity contribution >= 4 is 6.08 Å². The van der Waals surface area contributed by atoms with E-state index in [4.69, 9.17) is 0 Å². The van der Waals surface area contributed by atoms with Gasteiger partial charge in [-0.25, -0.2) is 0 Å². The maximum atomic E-state index is 4.23. The lowest BCUT2D eigenvalue weighted by atomic mass is 10.0. The van der Waals surface area contributed by atoms with Crippen molar-refractivity contribution in [2.75, 3.05) is 0 Å². The lowest BCUT2D eigenvalue weighted by molar-refractivity contribution is 0.964. The van der Waals surface area contributed by atoms with Gasteiger partial charge in [0.25, 0.3) is 0 Å². The van der Waals surface area contributed by atoms with E-state index in [1.807, 2.05) is 40.0 Å². The van der Waals surface area contributed by atoms with Crippen LogP contribution in [0.4, 0.5) is 0 Å².